The van der Waals surface area contributed by atoms with E-state index in [-0.39, 0.29) is 0 Å². The van der Waals surface area contributed by atoms with Gasteiger partial charge in [-0.05, 0) is 25.0 Å². The van der Waals surface area contributed by atoms with Gasteiger partial charge in [-0.15, -0.1) is 0 Å². The molecule has 0 aliphatic carbocycles. The molecule has 0 aliphatic rings. The van der Waals surface area contributed by atoms with E-state index in [9.17, 15) is 4.79 Å². The molecule has 0 saturated heterocycles. The highest BCUT2D eigenvalue weighted by molar-refractivity contribution is 5.83. The van der Waals surface area contributed by atoms with Gasteiger partial charge in [-0.2, -0.15) is 0 Å². The molecule has 3 heteroatoms. The Hall–Kier alpha value is -1.51. The Morgan fingerprint density at radius 1 is 1.47 bits per heavy atom. The van der Waals surface area contributed by atoms with E-state index in [2.05, 4.69) is 6.92 Å². The summed E-state index contributed by atoms with van der Waals surface area (Å²) in [6, 6.07) is 5.75. The number of anilines is 2. The van der Waals surface area contributed by atoms with Crippen LogP contribution in [-0.4, -0.2) is 13.0 Å². The van der Waals surface area contributed by atoms with Crippen molar-refractivity contribution in [1.29, 1.82) is 0 Å². The number of amides is 1. The molecule has 1 aromatic carbocycles. The summed E-state index contributed by atoms with van der Waals surface area (Å²) in [6.45, 7) is 4.78. The zero-order valence-electron chi connectivity index (χ0n) is 9.36. The maximum atomic E-state index is 10.9. The molecule has 0 aliphatic heterocycles. The topological polar surface area (TPSA) is 46.3 Å². The highest BCUT2D eigenvalue weighted by atomic mass is 16.1. The molecule has 0 bridgehead atoms. The summed E-state index contributed by atoms with van der Waals surface area (Å²) < 4.78 is 0. The number of benzene rings is 1. The lowest BCUT2D eigenvalue weighted by Crippen LogP contribution is -2.23. The molecule has 2 N–H and O–H groups in total. The molecule has 0 unspecified atom stereocenters. The van der Waals surface area contributed by atoms with Gasteiger partial charge in [0, 0.05) is 6.54 Å². The fourth-order valence-corrected chi connectivity index (χ4v) is 1.47. The molecule has 0 heterocycles. The minimum absolute atomic E-state index is 0.695. The first-order valence-corrected chi connectivity index (χ1v) is 5.27. The molecular formula is C12H18N2O. The van der Waals surface area contributed by atoms with Gasteiger partial charge in [0.25, 0.3) is 0 Å². The van der Waals surface area contributed by atoms with Gasteiger partial charge >= 0.3 is 0 Å². The van der Waals surface area contributed by atoms with Gasteiger partial charge in [-0.25, -0.2) is 0 Å². The van der Waals surface area contributed by atoms with E-state index in [1.165, 1.54) is 0 Å². The molecule has 1 rings (SSSR count). The number of hydrogen-bond donors (Lipinski definition) is 1. The van der Waals surface area contributed by atoms with Crippen molar-refractivity contribution in [2.75, 3.05) is 17.2 Å². The van der Waals surface area contributed by atoms with Crippen LogP contribution in [0.15, 0.2) is 18.2 Å². The zero-order chi connectivity index (χ0) is 11.3. The van der Waals surface area contributed by atoms with E-state index in [1.54, 1.807) is 4.90 Å². The minimum Gasteiger partial charge on any atom is -0.397 e. The molecule has 0 spiro atoms. The fourth-order valence-electron chi connectivity index (χ4n) is 1.47. The third-order valence-corrected chi connectivity index (χ3v) is 2.49. The van der Waals surface area contributed by atoms with Crippen LogP contribution in [0.2, 0.25) is 0 Å². The van der Waals surface area contributed by atoms with Crippen molar-refractivity contribution in [2.45, 2.75) is 26.7 Å². The van der Waals surface area contributed by atoms with Crippen molar-refractivity contribution in [2.24, 2.45) is 0 Å². The van der Waals surface area contributed by atoms with Gasteiger partial charge in [0.15, 0.2) is 0 Å². The number of hydrogen-bond acceptors (Lipinski definition) is 2. The summed E-state index contributed by atoms with van der Waals surface area (Å²) in [7, 11) is 0. The van der Waals surface area contributed by atoms with Crippen molar-refractivity contribution in [3.8, 4) is 0 Å². The Kier molecular flexibility index (Phi) is 4.16. The first-order valence-electron chi connectivity index (χ1n) is 5.27. The van der Waals surface area contributed by atoms with Crippen molar-refractivity contribution < 1.29 is 4.79 Å². The SMILES string of the molecule is CCCCN(C=O)c1cccc(C)c1N. The van der Waals surface area contributed by atoms with Gasteiger partial charge in [-0.3, -0.25) is 4.79 Å². The van der Waals surface area contributed by atoms with Crippen LogP contribution in [0.3, 0.4) is 0 Å². The van der Waals surface area contributed by atoms with Crippen LogP contribution in [0.5, 0.6) is 0 Å². The summed E-state index contributed by atoms with van der Waals surface area (Å²) in [5, 5.41) is 0. The fraction of sp³-hybridized carbons (Fsp3) is 0.417. The van der Waals surface area contributed by atoms with Crippen LogP contribution in [0.25, 0.3) is 0 Å². The Labute approximate surface area is 90.9 Å². The second-order valence-electron chi connectivity index (χ2n) is 3.66. The molecule has 0 atom stereocenters. The molecule has 1 amide bonds. The van der Waals surface area contributed by atoms with Gasteiger partial charge < -0.3 is 10.6 Å². The number of nitrogen functional groups attached to an aromatic ring is 1. The standard InChI is InChI=1S/C12H18N2O/c1-3-4-8-14(9-15)11-7-5-6-10(2)12(11)13/h5-7,9H,3-4,8,13H2,1-2H3. The van der Waals surface area contributed by atoms with Crippen LogP contribution < -0.4 is 10.6 Å². The summed E-state index contributed by atoms with van der Waals surface area (Å²) >= 11 is 0. The van der Waals surface area contributed by atoms with Crippen molar-refractivity contribution in [3.63, 3.8) is 0 Å². The monoisotopic (exact) mass is 206 g/mol. The number of unbranched alkanes of at least 4 members (excludes halogenated alkanes) is 1. The molecule has 0 fully saturated rings. The van der Waals surface area contributed by atoms with Crippen LogP contribution in [0.4, 0.5) is 11.4 Å². The lowest BCUT2D eigenvalue weighted by atomic mass is 10.1. The molecule has 1 aromatic rings. The number of carbonyl (C=O) groups excluding carboxylic acids is 1. The number of nitrogens with two attached hydrogens (primary N) is 1. The summed E-state index contributed by atoms with van der Waals surface area (Å²) in [5.41, 5.74) is 8.45. The highest BCUT2D eigenvalue weighted by Gasteiger charge is 2.08. The molecule has 15 heavy (non-hydrogen) atoms. The summed E-state index contributed by atoms with van der Waals surface area (Å²) in [5.74, 6) is 0. The van der Waals surface area contributed by atoms with Crippen LogP contribution in [-0.2, 0) is 4.79 Å². The second kappa shape index (κ2) is 5.39. The van der Waals surface area contributed by atoms with E-state index in [4.69, 9.17) is 5.73 Å². The smallest absolute Gasteiger partial charge is 0.214 e. The maximum Gasteiger partial charge on any atom is 0.214 e. The first kappa shape index (κ1) is 11.6. The third-order valence-electron chi connectivity index (χ3n) is 2.49. The predicted octanol–water partition coefficient (Wildman–Crippen LogP) is 2.34. The first-order chi connectivity index (χ1) is 7.20. The Morgan fingerprint density at radius 2 is 2.20 bits per heavy atom. The largest absolute Gasteiger partial charge is 0.397 e. The van der Waals surface area contributed by atoms with Gasteiger partial charge in [0.05, 0.1) is 11.4 Å². The van der Waals surface area contributed by atoms with Gasteiger partial charge in [-0.1, -0.05) is 25.5 Å². The minimum atomic E-state index is 0.695. The van der Waals surface area contributed by atoms with Crippen molar-refractivity contribution in [3.05, 3.63) is 23.8 Å². The lowest BCUT2D eigenvalue weighted by molar-refractivity contribution is -0.107. The second-order valence-corrected chi connectivity index (χ2v) is 3.66. The van der Waals surface area contributed by atoms with Crippen LogP contribution >= 0.6 is 0 Å². The van der Waals surface area contributed by atoms with Crippen LogP contribution in [0.1, 0.15) is 25.3 Å². The number of para-hydroxylation sites is 1. The third kappa shape index (κ3) is 2.72. The average molecular weight is 206 g/mol. The molecule has 3 nitrogen and oxygen atoms in total. The van der Waals surface area contributed by atoms with Crippen molar-refractivity contribution >= 4 is 17.8 Å². The lowest BCUT2D eigenvalue weighted by Gasteiger charge is -2.19. The number of nitrogens with zero attached hydrogens (tertiary/aromatic N) is 1. The predicted molar refractivity (Wildman–Crippen MR) is 63.9 cm³/mol. The van der Waals surface area contributed by atoms with Gasteiger partial charge in [0.2, 0.25) is 6.41 Å². The van der Waals surface area contributed by atoms with Crippen LogP contribution in [0, 0.1) is 6.92 Å². The zero-order valence-corrected chi connectivity index (χ0v) is 9.36. The quantitative estimate of drug-likeness (QED) is 0.593. The van der Waals surface area contributed by atoms with E-state index in [0.717, 1.165) is 37.0 Å². The Morgan fingerprint density at radius 3 is 2.80 bits per heavy atom. The summed E-state index contributed by atoms with van der Waals surface area (Å²) in [6.07, 6.45) is 2.91. The summed E-state index contributed by atoms with van der Waals surface area (Å²) in [4.78, 5) is 12.6. The molecule has 82 valence electrons. The highest BCUT2D eigenvalue weighted by Crippen LogP contribution is 2.25. The van der Waals surface area contributed by atoms with Gasteiger partial charge in [0.1, 0.15) is 0 Å². The number of carbonyl (C=O) groups is 1. The molecule has 0 aromatic heterocycles. The number of aryl methyl sites for hydroxylation is 1. The van der Waals surface area contributed by atoms with Crippen molar-refractivity contribution in [1.82, 2.24) is 0 Å². The molecule has 0 radical (unpaired) electrons. The normalized spacial score (nSPS) is 10.0. The maximum absolute atomic E-state index is 10.9. The molecular weight excluding hydrogens is 188 g/mol. The van der Waals surface area contributed by atoms with E-state index in [1.807, 2.05) is 25.1 Å². The number of rotatable bonds is 5. The molecule has 0 saturated carbocycles. The average Bonchev–Trinajstić information content (AvgIpc) is 2.25. The van der Waals surface area contributed by atoms with E-state index in [0.29, 0.717) is 5.69 Å². The van der Waals surface area contributed by atoms with E-state index >= 15 is 0 Å². The Bertz CT molecular complexity index is 336. The van der Waals surface area contributed by atoms with E-state index < -0.39 is 0 Å². The Balaban J connectivity index is 2.91.